The number of methoxy groups -OCH3 is 1. The summed E-state index contributed by atoms with van der Waals surface area (Å²) in [5, 5.41) is 19.5. The monoisotopic (exact) mass is 311 g/mol. The van der Waals surface area contributed by atoms with Gasteiger partial charge in [0.05, 0.1) is 12.3 Å². The van der Waals surface area contributed by atoms with Gasteiger partial charge < -0.3 is 29.3 Å². The molecule has 0 aromatic heterocycles. The van der Waals surface area contributed by atoms with Crippen LogP contribution in [0.5, 0.6) is 0 Å². The van der Waals surface area contributed by atoms with E-state index in [1.807, 2.05) is 30.3 Å². The second kappa shape index (κ2) is 8.21. The summed E-state index contributed by atoms with van der Waals surface area (Å²) in [6.07, 6.45) is -1.25. The van der Waals surface area contributed by atoms with E-state index in [9.17, 15) is 0 Å². The molecule has 0 aliphatic carbocycles. The molecule has 7 heteroatoms. The van der Waals surface area contributed by atoms with Gasteiger partial charge in [-0.15, -0.1) is 0 Å². The average Bonchev–Trinajstić information content (AvgIpc) is 2.62. The van der Waals surface area contributed by atoms with Crippen LogP contribution in [0.3, 0.4) is 0 Å². The van der Waals surface area contributed by atoms with Crippen LogP contribution in [0.25, 0.3) is 0 Å². The van der Waals surface area contributed by atoms with Crippen molar-refractivity contribution in [3.05, 3.63) is 35.9 Å². The van der Waals surface area contributed by atoms with Crippen molar-refractivity contribution in [1.82, 2.24) is 0 Å². The highest BCUT2D eigenvalue weighted by atomic mass is 16.7. The molecule has 0 radical (unpaired) electrons. The third-order valence-electron chi connectivity index (χ3n) is 3.51. The molecule has 1 aromatic carbocycles. The summed E-state index contributed by atoms with van der Waals surface area (Å²) in [6, 6.07) is 9.65. The second-order valence-corrected chi connectivity index (χ2v) is 4.77. The lowest BCUT2D eigenvalue weighted by Crippen LogP contribution is -2.53. The van der Waals surface area contributed by atoms with Gasteiger partial charge in [-0.1, -0.05) is 35.5 Å². The van der Waals surface area contributed by atoms with E-state index in [0.29, 0.717) is 18.7 Å². The van der Waals surface area contributed by atoms with Gasteiger partial charge in [-0.3, -0.25) is 0 Å². The van der Waals surface area contributed by atoms with Crippen LogP contribution in [0.2, 0.25) is 0 Å². The molecule has 0 saturated carbocycles. The standard InChI is InChI=1S/C14H17NO5.CH4O/c1-17-12-7-10(15-16)13-11(19-12)8-18-14(20-13)9-5-3-2-4-6-9;1-2/h2-6,11-14,16H,7-8H2,1H3;2H,1H3/b15-10+;/t11-,12+,13+,14-;/m1./s1. The van der Waals surface area contributed by atoms with Crippen LogP contribution < -0.4 is 0 Å². The van der Waals surface area contributed by atoms with Crippen LogP contribution in [-0.4, -0.2) is 55.3 Å². The molecule has 22 heavy (non-hydrogen) atoms. The Kier molecular flexibility index (Phi) is 6.29. The van der Waals surface area contributed by atoms with Crippen molar-refractivity contribution in [2.75, 3.05) is 20.8 Å². The van der Waals surface area contributed by atoms with E-state index >= 15 is 0 Å². The zero-order valence-electron chi connectivity index (χ0n) is 12.6. The van der Waals surface area contributed by atoms with E-state index in [4.69, 9.17) is 29.3 Å². The van der Waals surface area contributed by atoms with Crippen molar-refractivity contribution >= 4 is 5.71 Å². The van der Waals surface area contributed by atoms with Crippen LogP contribution in [0, 0.1) is 0 Å². The van der Waals surface area contributed by atoms with Crippen LogP contribution in [0.15, 0.2) is 35.5 Å². The minimum Gasteiger partial charge on any atom is -0.411 e. The fourth-order valence-corrected chi connectivity index (χ4v) is 2.49. The van der Waals surface area contributed by atoms with Crippen LogP contribution in [0.4, 0.5) is 0 Å². The lowest BCUT2D eigenvalue weighted by Gasteiger charge is -2.41. The maximum Gasteiger partial charge on any atom is 0.184 e. The van der Waals surface area contributed by atoms with Gasteiger partial charge in [-0.05, 0) is 0 Å². The van der Waals surface area contributed by atoms with E-state index in [-0.39, 0.29) is 6.10 Å². The number of fused-ring (bicyclic) bond motifs is 1. The van der Waals surface area contributed by atoms with Gasteiger partial charge in [0.1, 0.15) is 12.2 Å². The Balaban J connectivity index is 0.000000847. The third-order valence-corrected chi connectivity index (χ3v) is 3.51. The van der Waals surface area contributed by atoms with Gasteiger partial charge in [0.2, 0.25) is 0 Å². The number of hydrogen-bond donors (Lipinski definition) is 2. The Morgan fingerprint density at radius 3 is 2.55 bits per heavy atom. The fourth-order valence-electron chi connectivity index (χ4n) is 2.49. The molecule has 2 fully saturated rings. The maximum absolute atomic E-state index is 9.16. The molecule has 1 aromatic rings. The predicted octanol–water partition coefficient (Wildman–Crippen LogP) is 1.30. The first kappa shape index (κ1) is 16.9. The fraction of sp³-hybridized carbons (Fsp3) is 0.533. The highest BCUT2D eigenvalue weighted by Crippen LogP contribution is 2.32. The summed E-state index contributed by atoms with van der Waals surface area (Å²) in [5.41, 5.74) is 1.45. The Morgan fingerprint density at radius 1 is 1.18 bits per heavy atom. The van der Waals surface area contributed by atoms with Gasteiger partial charge in [0.25, 0.3) is 0 Å². The molecule has 4 atom stereocenters. The summed E-state index contributed by atoms with van der Waals surface area (Å²) in [5.74, 6) is 0. The largest absolute Gasteiger partial charge is 0.411 e. The molecule has 2 saturated heterocycles. The maximum atomic E-state index is 9.16. The van der Waals surface area contributed by atoms with Crippen molar-refractivity contribution in [3.8, 4) is 0 Å². The molecule has 0 amide bonds. The van der Waals surface area contributed by atoms with Crippen LogP contribution in [0.1, 0.15) is 18.3 Å². The molecule has 0 spiro atoms. The van der Waals surface area contributed by atoms with Crippen LogP contribution in [-0.2, 0) is 18.9 Å². The number of hydrogen-bond acceptors (Lipinski definition) is 7. The topological polar surface area (TPSA) is 89.7 Å². The Hall–Kier alpha value is -1.51. The SMILES string of the molecule is CO.CO[C@@H]1C/C(=N\O)[C@@H]2O[C@H](c3ccccc3)OC[C@H]2O1. The van der Waals surface area contributed by atoms with Gasteiger partial charge in [0.15, 0.2) is 12.6 Å². The molecule has 2 aliphatic rings. The quantitative estimate of drug-likeness (QED) is 0.632. The molecule has 3 rings (SSSR count). The number of oxime groups is 1. The Labute approximate surface area is 129 Å². The Morgan fingerprint density at radius 2 is 1.91 bits per heavy atom. The number of aliphatic hydroxyl groups excluding tert-OH is 1. The van der Waals surface area contributed by atoms with E-state index < -0.39 is 18.7 Å². The average molecular weight is 311 g/mol. The van der Waals surface area contributed by atoms with Crippen molar-refractivity contribution < 1.29 is 29.3 Å². The zero-order valence-corrected chi connectivity index (χ0v) is 12.6. The summed E-state index contributed by atoms with van der Waals surface area (Å²) >= 11 is 0. The predicted molar refractivity (Wildman–Crippen MR) is 77.7 cm³/mol. The van der Waals surface area contributed by atoms with E-state index in [1.165, 1.54) is 0 Å². The number of aliphatic hydroxyl groups is 1. The molecular weight excluding hydrogens is 290 g/mol. The minimum absolute atomic E-state index is 0.320. The van der Waals surface area contributed by atoms with Crippen molar-refractivity contribution in [2.45, 2.75) is 31.2 Å². The summed E-state index contributed by atoms with van der Waals surface area (Å²) in [7, 11) is 2.55. The molecule has 2 N–H and O–H groups in total. The first-order valence-electron chi connectivity index (χ1n) is 6.97. The lowest BCUT2D eigenvalue weighted by atomic mass is 10.0. The lowest BCUT2D eigenvalue weighted by molar-refractivity contribution is -0.286. The summed E-state index contributed by atoms with van der Waals surface area (Å²) < 4.78 is 22.4. The highest BCUT2D eigenvalue weighted by Gasteiger charge is 2.42. The second-order valence-electron chi connectivity index (χ2n) is 4.77. The van der Waals surface area contributed by atoms with Crippen molar-refractivity contribution in [2.24, 2.45) is 5.16 Å². The van der Waals surface area contributed by atoms with Gasteiger partial charge in [0, 0.05) is 26.2 Å². The van der Waals surface area contributed by atoms with Gasteiger partial charge in [-0.25, -0.2) is 0 Å². The molecule has 0 bridgehead atoms. The van der Waals surface area contributed by atoms with Crippen molar-refractivity contribution in [1.29, 1.82) is 0 Å². The molecule has 122 valence electrons. The molecular formula is C15H21NO6. The number of ether oxygens (including phenoxy) is 4. The number of nitrogens with zero attached hydrogens (tertiary/aromatic N) is 1. The van der Waals surface area contributed by atoms with E-state index in [2.05, 4.69) is 5.16 Å². The van der Waals surface area contributed by atoms with Gasteiger partial charge in [-0.2, -0.15) is 0 Å². The first-order chi connectivity index (χ1) is 10.8. The molecule has 2 aliphatic heterocycles. The third kappa shape index (κ3) is 3.63. The minimum atomic E-state index is -0.475. The molecule has 0 unspecified atom stereocenters. The molecule has 2 heterocycles. The van der Waals surface area contributed by atoms with E-state index in [0.717, 1.165) is 12.7 Å². The van der Waals surface area contributed by atoms with E-state index in [1.54, 1.807) is 7.11 Å². The zero-order chi connectivity index (χ0) is 15.9. The smallest absolute Gasteiger partial charge is 0.184 e. The van der Waals surface area contributed by atoms with Crippen molar-refractivity contribution in [3.63, 3.8) is 0 Å². The molecule has 7 nitrogen and oxygen atoms in total. The van der Waals surface area contributed by atoms with Crippen LogP contribution >= 0.6 is 0 Å². The highest BCUT2D eigenvalue weighted by molar-refractivity contribution is 5.89. The normalized spacial score (nSPS) is 32.8. The Bertz CT molecular complexity index is 480. The summed E-state index contributed by atoms with van der Waals surface area (Å²) in [6.45, 7) is 0.364. The van der Waals surface area contributed by atoms with Gasteiger partial charge >= 0.3 is 0 Å². The number of rotatable bonds is 2. The number of benzene rings is 1. The summed E-state index contributed by atoms with van der Waals surface area (Å²) in [4.78, 5) is 0. The first-order valence-corrected chi connectivity index (χ1v) is 6.97.